The maximum Gasteiger partial charge on any atom is 0.223 e. The molecule has 5 nitrogen and oxygen atoms in total. The van der Waals surface area contributed by atoms with E-state index in [0.717, 1.165) is 37.8 Å². The summed E-state index contributed by atoms with van der Waals surface area (Å²) in [6.07, 6.45) is 6.47. The first-order chi connectivity index (χ1) is 10.1. The lowest BCUT2D eigenvalue weighted by Gasteiger charge is -2.40. The Kier molecular flexibility index (Phi) is 4.54. The number of sulfone groups is 1. The first-order valence-corrected chi connectivity index (χ1v) is 9.98. The lowest BCUT2D eigenvalue weighted by atomic mass is 9.72. The van der Waals surface area contributed by atoms with Crippen molar-refractivity contribution in [2.45, 2.75) is 43.8 Å². The van der Waals surface area contributed by atoms with Crippen molar-refractivity contribution in [2.24, 2.45) is 11.8 Å². The second-order valence-electron chi connectivity index (χ2n) is 6.81. The van der Waals surface area contributed by atoms with Crippen LogP contribution in [0, 0.1) is 11.8 Å². The van der Waals surface area contributed by atoms with Crippen LogP contribution in [-0.2, 0) is 14.6 Å². The third kappa shape index (κ3) is 3.42. The van der Waals surface area contributed by atoms with Crippen molar-refractivity contribution < 1.29 is 13.2 Å². The number of piperidine rings is 1. The summed E-state index contributed by atoms with van der Waals surface area (Å²) in [5, 5.41) is 2.56. The van der Waals surface area contributed by atoms with Gasteiger partial charge in [-0.05, 0) is 24.7 Å². The summed E-state index contributed by atoms with van der Waals surface area (Å²) < 4.78 is 24.0. The predicted molar refractivity (Wildman–Crippen MR) is 81.7 cm³/mol. The summed E-state index contributed by atoms with van der Waals surface area (Å²) in [4.78, 5) is 14.2. The molecule has 1 N–H and O–H groups in total. The fraction of sp³-hybridized carbons (Fsp3) is 0.933. The van der Waals surface area contributed by atoms with Crippen LogP contribution in [0.25, 0.3) is 0 Å². The molecule has 1 saturated carbocycles. The number of likely N-dealkylation sites (tertiary alicyclic amines) is 1. The minimum Gasteiger partial charge on any atom is -0.343 e. The van der Waals surface area contributed by atoms with E-state index in [1.54, 1.807) is 0 Å². The molecule has 1 atom stereocenters. The average Bonchev–Trinajstić information content (AvgIpc) is 2.40. The van der Waals surface area contributed by atoms with Gasteiger partial charge in [0.2, 0.25) is 5.91 Å². The van der Waals surface area contributed by atoms with Gasteiger partial charge >= 0.3 is 0 Å². The van der Waals surface area contributed by atoms with Crippen molar-refractivity contribution in [1.29, 1.82) is 0 Å². The highest BCUT2D eigenvalue weighted by molar-refractivity contribution is 7.92. The van der Waals surface area contributed by atoms with E-state index in [4.69, 9.17) is 0 Å². The molecular weight excluding hydrogens is 288 g/mol. The average molecular weight is 314 g/mol. The molecule has 1 amide bonds. The summed E-state index contributed by atoms with van der Waals surface area (Å²) in [5.74, 6) is 1.88. The number of carbonyl (C=O) groups is 1. The molecule has 1 unspecified atom stereocenters. The summed E-state index contributed by atoms with van der Waals surface area (Å²) in [6.45, 7) is 2.58. The van der Waals surface area contributed by atoms with Crippen molar-refractivity contribution in [3.8, 4) is 0 Å². The normalized spacial score (nSPS) is 30.9. The molecule has 0 aromatic heterocycles. The predicted octanol–water partition coefficient (Wildman–Crippen LogP) is 0.802. The zero-order valence-corrected chi connectivity index (χ0v) is 13.4. The van der Waals surface area contributed by atoms with Gasteiger partial charge in [0.1, 0.15) is 0 Å². The summed E-state index contributed by atoms with van der Waals surface area (Å²) in [7, 11) is -3.09. The van der Waals surface area contributed by atoms with Gasteiger partial charge in [0.15, 0.2) is 9.84 Å². The fourth-order valence-corrected chi connectivity index (χ4v) is 5.36. The fourth-order valence-electron chi connectivity index (χ4n) is 3.83. The maximum absolute atomic E-state index is 12.3. The Morgan fingerprint density at radius 3 is 2.33 bits per heavy atom. The third-order valence-corrected chi connectivity index (χ3v) is 7.68. The maximum atomic E-state index is 12.3. The number of hydrogen-bond donors (Lipinski definition) is 1. The van der Waals surface area contributed by atoms with Crippen LogP contribution in [-0.4, -0.2) is 56.4 Å². The standard InChI is InChI=1S/C15H26N2O3S/c18-15(10-14-11-16-6-9-21(14,19)20)17-7-4-13(5-8-17)12-2-1-3-12/h12-14,16H,1-11H2. The van der Waals surface area contributed by atoms with Gasteiger partial charge in [-0.3, -0.25) is 4.79 Å². The smallest absolute Gasteiger partial charge is 0.223 e. The zero-order valence-electron chi connectivity index (χ0n) is 12.6. The molecule has 0 bridgehead atoms. The summed E-state index contributed by atoms with van der Waals surface area (Å²) in [5.41, 5.74) is 0. The molecule has 1 aliphatic carbocycles. The molecule has 3 aliphatic rings. The largest absolute Gasteiger partial charge is 0.343 e. The van der Waals surface area contributed by atoms with Crippen molar-refractivity contribution in [3.05, 3.63) is 0 Å². The Morgan fingerprint density at radius 2 is 1.76 bits per heavy atom. The van der Waals surface area contributed by atoms with Crippen molar-refractivity contribution in [2.75, 3.05) is 31.9 Å². The Morgan fingerprint density at radius 1 is 1.10 bits per heavy atom. The molecule has 3 fully saturated rings. The molecule has 0 aromatic rings. The van der Waals surface area contributed by atoms with Crippen LogP contribution < -0.4 is 5.32 Å². The van der Waals surface area contributed by atoms with Gasteiger partial charge in [0, 0.05) is 32.6 Å². The first kappa shape index (κ1) is 15.3. The Labute approximate surface area is 127 Å². The molecular formula is C15H26N2O3S. The van der Waals surface area contributed by atoms with Crippen LogP contribution >= 0.6 is 0 Å². The Hall–Kier alpha value is -0.620. The number of rotatable bonds is 3. The Balaban J connectivity index is 1.49. The number of amides is 1. The highest BCUT2D eigenvalue weighted by atomic mass is 32.2. The SMILES string of the molecule is O=C(CC1CNCCS1(=O)=O)N1CCC(C2CCC2)CC1. The van der Waals surface area contributed by atoms with Crippen molar-refractivity contribution in [1.82, 2.24) is 10.2 Å². The van der Waals surface area contributed by atoms with Crippen LogP contribution in [0.5, 0.6) is 0 Å². The monoisotopic (exact) mass is 314 g/mol. The summed E-state index contributed by atoms with van der Waals surface area (Å²) in [6, 6.07) is 0. The van der Waals surface area contributed by atoms with Crippen molar-refractivity contribution >= 4 is 15.7 Å². The molecule has 0 spiro atoms. The molecule has 0 aromatic carbocycles. The van der Waals surface area contributed by atoms with Crippen LogP contribution in [0.1, 0.15) is 38.5 Å². The highest BCUT2D eigenvalue weighted by Gasteiger charge is 2.35. The van der Waals surface area contributed by atoms with Gasteiger partial charge < -0.3 is 10.2 Å². The van der Waals surface area contributed by atoms with Crippen LogP contribution in [0.2, 0.25) is 0 Å². The zero-order chi connectivity index (χ0) is 14.9. The van der Waals surface area contributed by atoms with E-state index in [1.165, 1.54) is 19.3 Å². The second kappa shape index (κ2) is 6.24. The number of hydrogen-bond acceptors (Lipinski definition) is 4. The summed E-state index contributed by atoms with van der Waals surface area (Å²) >= 11 is 0. The van der Waals surface area contributed by atoms with E-state index in [1.807, 2.05) is 4.90 Å². The van der Waals surface area contributed by atoms with Gasteiger partial charge in [-0.15, -0.1) is 0 Å². The molecule has 21 heavy (non-hydrogen) atoms. The molecule has 2 saturated heterocycles. The van der Waals surface area contributed by atoms with Gasteiger partial charge in [-0.25, -0.2) is 8.42 Å². The minimum absolute atomic E-state index is 0.0272. The van der Waals surface area contributed by atoms with Crippen LogP contribution in [0.3, 0.4) is 0 Å². The Bertz CT molecular complexity index is 479. The van der Waals surface area contributed by atoms with Gasteiger partial charge in [0.05, 0.1) is 11.0 Å². The molecule has 120 valence electrons. The number of carbonyl (C=O) groups excluding carboxylic acids is 1. The molecule has 0 radical (unpaired) electrons. The first-order valence-electron chi connectivity index (χ1n) is 8.26. The molecule has 3 rings (SSSR count). The lowest BCUT2D eigenvalue weighted by Crippen LogP contribution is -2.48. The molecule has 6 heteroatoms. The second-order valence-corrected chi connectivity index (χ2v) is 9.21. The van der Waals surface area contributed by atoms with Gasteiger partial charge in [0.25, 0.3) is 0 Å². The quantitative estimate of drug-likeness (QED) is 0.837. The lowest BCUT2D eigenvalue weighted by molar-refractivity contribution is -0.133. The topological polar surface area (TPSA) is 66.5 Å². The van der Waals surface area contributed by atoms with E-state index in [2.05, 4.69) is 5.32 Å². The third-order valence-electron chi connectivity index (χ3n) is 5.55. The van der Waals surface area contributed by atoms with Gasteiger partial charge in [-0.1, -0.05) is 19.3 Å². The van der Waals surface area contributed by atoms with E-state index in [-0.39, 0.29) is 18.1 Å². The van der Waals surface area contributed by atoms with Gasteiger partial charge in [-0.2, -0.15) is 0 Å². The van der Waals surface area contributed by atoms with Crippen LogP contribution in [0.15, 0.2) is 0 Å². The highest BCUT2D eigenvalue weighted by Crippen LogP contribution is 2.38. The van der Waals surface area contributed by atoms with E-state index < -0.39 is 15.1 Å². The number of nitrogens with one attached hydrogen (secondary N) is 1. The van der Waals surface area contributed by atoms with E-state index in [0.29, 0.717) is 13.1 Å². The minimum atomic E-state index is -3.09. The van der Waals surface area contributed by atoms with Crippen molar-refractivity contribution in [3.63, 3.8) is 0 Å². The van der Waals surface area contributed by atoms with E-state index in [9.17, 15) is 13.2 Å². The number of nitrogens with zero attached hydrogens (tertiary/aromatic N) is 1. The molecule has 2 aliphatic heterocycles. The molecule has 2 heterocycles. The van der Waals surface area contributed by atoms with E-state index >= 15 is 0 Å². The van der Waals surface area contributed by atoms with Crippen LogP contribution in [0.4, 0.5) is 0 Å².